The first-order valence-electron chi connectivity index (χ1n) is 12.4. The van der Waals surface area contributed by atoms with Gasteiger partial charge in [-0.3, -0.25) is 14.2 Å². The van der Waals surface area contributed by atoms with Crippen LogP contribution in [0, 0.1) is 27.7 Å². The van der Waals surface area contributed by atoms with Crippen LogP contribution in [0.3, 0.4) is 0 Å². The zero-order valence-electron chi connectivity index (χ0n) is 22.1. The lowest BCUT2D eigenvalue weighted by atomic mass is 10.1. The minimum atomic E-state index is -0.182. The Bertz CT molecular complexity index is 1660. The maximum atomic E-state index is 12.9. The van der Waals surface area contributed by atoms with Gasteiger partial charge in [0, 0.05) is 5.56 Å². The van der Waals surface area contributed by atoms with Crippen molar-refractivity contribution >= 4 is 50.3 Å². The number of hydrogen-bond donors (Lipinski definition) is 2. The average Bonchev–Trinajstić information content (AvgIpc) is 3.52. The van der Waals surface area contributed by atoms with Crippen LogP contribution in [0.5, 0.6) is 0 Å². The van der Waals surface area contributed by atoms with Crippen molar-refractivity contribution in [2.75, 3.05) is 11.1 Å². The number of hydrogen-bond acceptors (Lipinski definition) is 7. The molecule has 2 N–H and O–H groups in total. The summed E-state index contributed by atoms with van der Waals surface area (Å²) in [5.74, 6) is 0.348. The minimum Gasteiger partial charge on any atom is -0.345 e. The van der Waals surface area contributed by atoms with Gasteiger partial charge in [-0.05, 0) is 80.3 Å². The maximum Gasteiger partial charge on any atom is 0.251 e. The van der Waals surface area contributed by atoms with E-state index in [1.807, 2.05) is 86.9 Å². The van der Waals surface area contributed by atoms with Crippen LogP contribution >= 0.6 is 23.1 Å². The van der Waals surface area contributed by atoms with Gasteiger partial charge in [0.15, 0.2) is 16.1 Å². The third-order valence-electron chi connectivity index (χ3n) is 6.35. The van der Waals surface area contributed by atoms with Crippen LogP contribution in [0.4, 0.5) is 5.13 Å². The smallest absolute Gasteiger partial charge is 0.251 e. The maximum absolute atomic E-state index is 12.9. The summed E-state index contributed by atoms with van der Waals surface area (Å²) in [5, 5.41) is 15.8. The molecule has 0 aliphatic heterocycles. The first-order valence-corrected chi connectivity index (χ1v) is 14.2. The molecular weight excluding hydrogens is 528 g/mol. The van der Waals surface area contributed by atoms with Gasteiger partial charge in [-0.15, -0.1) is 10.2 Å². The summed E-state index contributed by atoms with van der Waals surface area (Å²) in [5.41, 5.74) is 6.66. The Morgan fingerprint density at radius 2 is 1.72 bits per heavy atom. The molecular formula is C29H28N6O2S2. The average molecular weight is 557 g/mol. The largest absolute Gasteiger partial charge is 0.345 e. The van der Waals surface area contributed by atoms with E-state index in [-0.39, 0.29) is 24.1 Å². The number of aryl methyl sites for hydroxylation is 4. The second-order valence-corrected chi connectivity index (χ2v) is 11.3. The van der Waals surface area contributed by atoms with Crippen molar-refractivity contribution in [2.45, 2.75) is 39.4 Å². The molecule has 0 saturated carbocycles. The van der Waals surface area contributed by atoms with E-state index in [1.165, 1.54) is 23.1 Å². The third kappa shape index (κ3) is 6.02. The summed E-state index contributed by atoms with van der Waals surface area (Å²) in [6.45, 7) is 8.22. The normalized spacial score (nSPS) is 11.1. The number of carbonyl (C=O) groups excluding carboxylic acids is 2. The number of amides is 2. The summed E-state index contributed by atoms with van der Waals surface area (Å²) in [7, 11) is 0. The fourth-order valence-electron chi connectivity index (χ4n) is 4.07. The molecule has 3 aromatic carbocycles. The molecule has 5 rings (SSSR count). The molecule has 198 valence electrons. The van der Waals surface area contributed by atoms with E-state index in [0.29, 0.717) is 21.7 Å². The molecule has 2 heterocycles. The summed E-state index contributed by atoms with van der Waals surface area (Å²) in [6.07, 6.45) is 0. The molecule has 0 atom stereocenters. The SMILES string of the molecule is Cc1ccc(C)c(-n2c(CNC(=O)c3ccc(C)c(C)c3)nnc2SCC(=O)Nc2nc3ccccc3s2)c1. The zero-order chi connectivity index (χ0) is 27.5. The quantitative estimate of drug-likeness (QED) is 0.235. The van der Waals surface area contributed by atoms with Gasteiger partial charge in [-0.1, -0.05) is 53.4 Å². The Balaban J connectivity index is 1.35. The van der Waals surface area contributed by atoms with Gasteiger partial charge in [0.1, 0.15) is 0 Å². The van der Waals surface area contributed by atoms with Gasteiger partial charge in [0.2, 0.25) is 5.91 Å². The molecule has 0 saturated heterocycles. The number of thiazole rings is 1. The van der Waals surface area contributed by atoms with Crippen LogP contribution in [0.15, 0.2) is 65.8 Å². The van der Waals surface area contributed by atoms with Crippen LogP contribution in [0.25, 0.3) is 15.9 Å². The number of fused-ring (bicyclic) bond motifs is 1. The van der Waals surface area contributed by atoms with Crippen molar-refractivity contribution in [3.05, 3.63) is 94.3 Å². The molecule has 2 aromatic heterocycles. The molecule has 5 aromatic rings. The summed E-state index contributed by atoms with van der Waals surface area (Å²) in [6, 6.07) is 19.5. The van der Waals surface area contributed by atoms with E-state index in [4.69, 9.17) is 0 Å². The van der Waals surface area contributed by atoms with Crippen LogP contribution < -0.4 is 10.6 Å². The van der Waals surface area contributed by atoms with E-state index in [2.05, 4.69) is 31.9 Å². The van der Waals surface area contributed by atoms with Crippen LogP contribution in [0.2, 0.25) is 0 Å². The van der Waals surface area contributed by atoms with Gasteiger partial charge in [-0.25, -0.2) is 4.98 Å². The number of para-hydroxylation sites is 1. The highest BCUT2D eigenvalue weighted by Crippen LogP contribution is 2.27. The van der Waals surface area contributed by atoms with Crippen LogP contribution in [-0.4, -0.2) is 37.3 Å². The van der Waals surface area contributed by atoms with Crippen LogP contribution in [-0.2, 0) is 11.3 Å². The van der Waals surface area contributed by atoms with Crippen molar-refractivity contribution in [3.63, 3.8) is 0 Å². The first kappa shape index (κ1) is 26.6. The molecule has 0 bridgehead atoms. The second kappa shape index (κ2) is 11.4. The molecule has 10 heteroatoms. The number of rotatable bonds is 8. The van der Waals surface area contributed by atoms with Crippen molar-refractivity contribution in [2.24, 2.45) is 0 Å². The van der Waals surface area contributed by atoms with E-state index >= 15 is 0 Å². The van der Waals surface area contributed by atoms with Crippen molar-refractivity contribution < 1.29 is 9.59 Å². The molecule has 0 spiro atoms. The van der Waals surface area contributed by atoms with Gasteiger partial charge >= 0.3 is 0 Å². The highest BCUT2D eigenvalue weighted by molar-refractivity contribution is 7.99. The Hall–Kier alpha value is -4.02. The molecule has 0 aliphatic carbocycles. The van der Waals surface area contributed by atoms with Crippen molar-refractivity contribution in [3.8, 4) is 5.69 Å². The second-order valence-electron chi connectivity index (χ2n) is 9.33. The van der Waals surface area contributed by atoms with Gasteiger partial charge in [0.25, 0.3) is 5.91 Å². The van der Waals surface area contributed by atoms with Gasteiger partial charge in [-0.2, -0.15) is 0 Å². The lowest BCUT2D eigenvalue weighted by Crippen LogP contribution is -2.25. The molecule has 0 unspecified atom stereocenters. The summed E-state index contributed by atoms with van der Waals surface area (Å²) >= 11 is 2.73. The number of thioether (sulfide) groups is 1. The predicted molar refractivity (Wildman–Crippen MR) is 157 cm³/mol. The fourth-order valence-corrected chi connectivity index (χ4v) is 5.71. The molecule has 0 aliphatic rings. The Kier molecular flexibility index (Phi) is 7.76. The number of nitrogens with one attached hydrogen (secondary N) is 2. The van der Waals surface area contributed by atoms with E-state index in [9.17, 15) is 9.59 Å². The minimum absolute atomic E-state index is 0.133. The molecule has 0 radical (unpaired) electrons. The number of benzene rings is 3. The predicted octanol–water partition coefficient (Wildman–Crippen LogP) is 5.77. The van der Waals surface area contributed by atoms with E-state index < -0.39 is 0 Å². The number of carbonyl (C=O) groups is 2. The lowest BCUT2D eigenvalue weighted by Gasteiger charge is -2.14. The number of aromatic nitrogens is 4. The highest BCUT2D eigenvalue weighted by atomic mass is 32.2. The Morgan fingerprint density at radius 3 is 2.51 bits per heavy atom. The monoisotopic (exact) mass is 556 g/mol. The van der Waals surface area contributed by atoms with Crippen LogP contribution in [0.1, 0.15) is 38.4 Å². The standard InChI is InChI=1S/C29H28N6O2S2/c1-17-9-10-19(3)23(13-17)35-25(15-30-27(37)21-12-11-18(2)20(4)14-21)33-34-29(35)38-16-26(36)32-28-31-22-7-5-6-8-24(22)39-28/h5-14H,15-16H2,1-4H3,(H,30,37)(H,31,32,36). The highest BCUT2D eigenvalue weighted by Gasteiger charge is 2.19. The van der Waals surface area contributed by atoms with Crippen molar-refractivity contribution in [1.29, 1.82) is 0 Å². The van der Waals surface area contributed by atoms with Gasteiger partial charge in [0.05, 0.1) is 28.2 Å². The molecule has 39 heavy (non-hydrogen) atoms. The summed E-state index contributed by atoms with van der Waals surface area (Å²) in [4.78, 5) is 30.1. The fraction of sp³-hybridized carbons (Fsp3) is 0.207. The topological polar surface area (TPSA) is 102 Å². The van der Waals surface area contributed by atoms with Gasteiger partial charge < -0.3 is 10.6 Å². The first-order chi connectivity index (χ1) is 18.8. The molecule has 2 amide bonds. The molecule has 0 fully saturated rings. The summed E-state index contributed by atoms with van der Waals surface area (Å²) < 4.78 is 2.93. The third-order valence-corrected chi connectivity index (χ3v) is 8.24. The number of anilines is 1. The Labute approximate surface area is 234 Å². The van der Waals surface area contributed by atoms with E-state index in [0.717, 1.165) is 38.2 Å². The number of nitrogens with zero attached hydrogens (tertiary/aromatic N) is 4. The molecule has 8 nitrogen and oxygen atoms in total. The van der Waals surface area contributed by atoms with Crippen molar-refractivity contribution in [1.82, 2.24) is 25.1 Å². The Morgan fingerprint density at radius 1 is 0.923 bits per heavy atom. The van der Waals surface area contributed by atoms with E-state index in [1.54, 1.807) is 0 Å². The zero-order valence-corrected chi connectivity index (χ0v) is 23.7. The lowest BCUT2D eigenvalue weighted by molar-refractivity contribution is -0.113.